The number of benzene rings is 1. The molecule has 0 aliphatic rings. The molecule has 1 unspecified atom stereocenters. The second-order valence-corrected chi connectivity index (χ2v) is 4.65. The summed E-state index contributed by atoms with van der Waals surface area (Å²) in [6, 6.07) is 6.19. The van der Waals surface area contributed by atoms with Crippen molar-refractivity contribution >= 4 is 0 Å². The van der Waals surface area contributed by atoms with Crippen molar-refractivity contribution in [2.45, 2.75) is 33.3 Å². The highest BCUT2D eigenvalue weighted by Gasteiger charge is 2.10. The van der Waals surface area contributed by atoms with Crippen molar-refractivity contribution in [3.05, 3.63) is 29.3 Å². The Labute approximate surface area is 110 Å². The number of rotatable bonds is 8. The molecule has 1 rings (SSSR count). The van der Waals surface area contributed by atoms with Crippen molar-refractivity contribution in [2.24, 2.45) is 0 Å². The lowest BCUT2D eigenvalue weighted by Crippen LogP contribution is -2.35. The third kappa shape index (κ3) is 5.07. The van der Waals surface area contributed by atoms with Crippen LogP contribution in [-0.4, -0.2) is 32.9 Å². The third-order valence-corrected chi connectivity index (χ3v) is 2.93. The number of aryl methyl sites for hydroxylation is 2. The van der Waals surface area contributed by atoms with Gasteiger partial charge in [0.25, 0.3) is 0 Å². The van der Waals surface area contributed by atoms with E-state index < -0.39 is 0 Å². The zero-order valence-electron chi connectivity index (χ0n) is 12.0. The summed E-state index contributed by atoms with van der Waals surface area (Å²) in [5.41, 5.74) is 2.54. The molecule has 0 aromatic heterocycles. The molecule has 0 fully saturated rings. The molecule has 1 atom stereocenters. The predicted molar refractivity (Wildman–Crippen MR) is 75.4 cm³/mol. The first-order chi connectivity index (χ1) is 8.67. The molecular weight excluding hydrogens is 226 g/mol. The summed E-state index contributed by atoms with van der Waals surface area (Å²) in [6.45, 7) is 8.79. The number of nitrogens with one attached hydrogen (secondary N) is 1. The molecule has 1 N–H and O–H groups in total. The van der Waals surface area contributed by atoms with Gasteiger partial charge in [0.2, 0.25) is 0 Å². The highest BCUT2D eigenvalue weighted by atomic mass is 16.5. The van der Waals surface area contributed by atoms with Crippen LogP contribution in [-0.2, 0) is 4.74 Å². The first kappa shape index (κ1) is 15.0. The Kier molecular flexibility index (Phi) is 6.76. The fourth-order valence-electron chi connectivity index (χ4n) is 1.74. The molecule has 1 aromatic rings. The Hall–Kier alpha value is -1.06. The van der Waals surface area contributed by atoms with Crippen LogP contribution in [0.4, 0.5) is 0 Å². The highest BCUT2D eigenvalue weighted by Crippen LogP contribution is 2.17. The molecule has 1 aromatic carbocycles. The van der Waals surface area contributed by atoms with Crippen molar-refractivity contribution in [3.8, 4) is 5.75 Å². The Morgan fingerprint density at radius 3 is 2.61 bits per heavy atom. The third-order valence-electron chi connectivity index (χ3n) is 2.93. The van der Waals surface area contributed by atoms with E-state index in [1.165, 1.54) is 11.1 Å². The minimum Gasteiger partial charge on any atom is -0.487 e. The molecule has 0 saturated heterocycles. The topological polar surface area (TPSA) is 30.5 Å². The SMILES string of the molecule is CCCNCC(COC)Oc1ccc(C)c(C)c1. The lowest BCUT2D eigenvalue weighted by molar-refractivity contribution is 0.0807. The Bertz CT molecular complexity index is 352. The minimum atomic E-state index is 0.0589. The molecule has 3 heteroatoms. The van der Waals surface area contributed by atoms with E-state index in [2.05, 4.69) is 38.2 Å². The Morgan fingerprint density at radius 1 is 1.22 bits per heavy atom. The molecule has 0 amide bonds. The first-order valence-electron chi connectivity index (χ1n) is 6.61. The van der Waals surface area contributed by atoms with Gasteiger partial charge in [-0.3, -0.25) is 0 Å². The smallest absolute Gasteiger partial charge is 0.134 e. The van der Waals surface area contributed by atoms with Crippen LogP contribution in [0.5, 0.6) is 5.75 Å². The zero-order valence-corrected chi connectivity index (χ0v) is 12.0. The summed E-state index contributed by atoms with van der Waals surface area (Å²) in [5, 5.41) is 3.36. The van der Waals surface area contributed by atoms with Gasteiger partial charge >= 0.3 is 0 Å². The molecule has 0 saturated carbocycles. The lowest BCUT2D eigenvalue weighted by Gasteiger charge is -2.19. The van der Waals surface area contributed by atoms with Crippen LogP contribution in [0.2, 0.25) is 0 Å². The van der Waals surface area contributed by atoms with E-state index in [0.29, 0.717) is 6.61 Å². The number of methoxy groups -OCH3 is 1. The predicted octanol–water partition coefficient (Wildman–Crippen LogP) is 2.70. The van der Waals surface area contributed by atoms with E-state index in [9.17, 15) is 0 Å². The summed E-state index contributed by atoms with van der Waals surface area (Å²) < 4.78 is 11.1. The quantitative estimate of drug-likeness (QED) is 0.721. The van der Waals surface area contributed by atoms with Gasteiger partial charge < -0.3 is 14.8 Å². The van der Waals surface area contributed by atoms with Gasteiger partial charge in [-0.25, -0.2) is 0 Å². The summed E-state index contributed by atoms with van der Waals surface area (Å²) >= 11 is 0. The van der Waals surface area contributed by atoms with Crippen LogP contribution in [0.3, 0.4) is 0 Å². The molecule has 0 radical (unpaired) electrons. The molecule has 0 spiro atoms. The molecule has 0 bridgehead atoms. The number of hydrogen-bond donors (Lipinski definition) is 1. The largest absolute Gasteiger partial charge is 0.487 e. The summed E-state index contributed by atoms with van der Waals surface area (Å²) in [5.74, 6) is 0.915. The monoisotopic (exact) mass is 251 g/mol. The van der Waals surface area contributed by atoms with Crippen molar-refractivity contribution in [3.63, 3.8) is 0 Å². The van der Waals surface area contributed by atoms with Crippen molar-refractivity contribution in [2.75, 3.05) is 26.8 Å². The number of ether oxygens (including phenoxy) is 2. The van der Waals surface area contributed by atoms with Crippen molar-refractivity contribution < 1.29 is 9.47 Å². The molecular formula is C15H25NO2. The van der Waals surface area contributed by atoms with Crippen molar-refractivity contribution in [1.29, 1.82) is 0 Å². The van der Waals surface area contributed by atoms with E-state index in [0.717, 1.165) is 25.3 Å². The summed E-state index contributed by atoms with van der Waals surface area (Å²) in [6.07, 6.45) is 1.19. The maximum Gasteiger partial charge on any atom is 0.134 e. The van der Waals surface area contributed by atoms with E-state index in [-0.39, 0.29) is 6.10 Å². The van der Waals surface area contributed by atoms with E-state index in [1.807, 2.05) is 6.07 Å². The van der Waals surface area contributed by atoms with Gasteiger partial charge in [0, 0.05) is 13.7 Å². The Balaban J connectivity index is 2.55. The molecule has 0 heterocycles. The van der Waals surface area contributed by atoms with Gasteiger partial charge in [-0.15, -0.1) is 0 Å². The van der Waals surface area contributed by atoms with Gasteiger partial charge in [-0.1, -0.05) is 13.0 Å². The standard InChI is InChI=1S/C15H25NO2/c1-5-8-16-10-15(11-17-4)18-14-7-6-12(2)13(3)9-14/h6-7,9,15-16H,5,8,10-11H2,1-4H3. The maximum atomic E-state index is 5.95. The van der Waals surface area contributed by atoms with Crippen LogP contribution in [0.25, 0.3) is 0 Å². The van der Waals surface area contributed by atoms with Gasteiger partial charge in [0.05, 0.1) is 6.61 Å². The van der Waals surface area contributed by atoms with Crippen LogP contribution in [0.1, 0.15) is 24.5 Å². The molecule has 102 valence electrons. The molecule has 3 nitrogen and oxygen atoms in total. The van der Waals surface area contributed by atoms with Crippen LogP contribution >= 0.6 is 0 Å². The first-order valence-corrected chi connectivity index (χ1v) is 6.61. The summed E-state index contributed by atoms with van der Waals surface area (Å²) in [7, 11) is 1.70. The van der Waals surface area contributed by atoms with Crippen LogP contribution in [0, 0.1) is 13.8 Å². The van der Waals surface area contributed by atoms with Gasteiger partial charge in [0.1, 0.15) is 11.9 Å². The zero-order chi connectivity index (χ0) is 13.4. The molecule has 18 heavy (non-hydrogen) atoms. The fraction of sp³-hybridized carbons (Fsp3) is 0.600. The average Bonchev–Trinajstić information content (AvgIpc) is 2.34. The normalized spacial score (nSPS) is 12.4. The van der Waals surface area contributed by atoms with E-state index >= 15 is 0 Å². The fourth-order valence-corrected chi connectivity index (χ4v) is 1.74. The van der Waals surface area contributed by atoms with Gasteiger partial charge in [-0.05, 0) is 50.1 Å². The summed E-state index contributed by atoms with van der Waals surface area (Å²) in [4.78, 5) is 0. The lowest BCUT2D eigenvalue weighted by atomic mass is 10.1. The Morgan fingerprint density at radius 2 is 2.00 bits per heavy atom. The minimum absolute atomic E-state index is 0.0589. The second kappa shape index (κ2) is 8.11. The maximum absolute atomic E-state index is 5.95. The second-order valence-electron chi connectivity index (χ2n) is 4.65. The van der Waals surface area contributed by atoms with Gasteiger partial charge in [0.15, 0.2) is 0 Å². The van der Waals surface area contributed by atoms with Gasteiger partial charge in [-0.2, -0.15) is 0 Å². The molecule has 0 aliphatic carbocycles. The van der Waals surface area contributed by atoms with Crippen molar-refractivity contribution in [1.82, 2.24) is 5.32 Å². The number of hydrogen-bond acceptors (Lipinski definition) is 3. The highest BCUT2D eigenvalue weighted by molar-refractivity contribution is 5.33. The van der Waals surface area contributed by atoms with E-state index in [1.54, 1.807) is 7.11 Å². The van der Waals surface area contributed by atoms with E-state index in [4.69, 9.17) is 9.47 Å². The molecule has 0 aliphatic heterocycles. The average molecular weight is 251 g/mol. The van der Waals surface area contributed by atoms with Crippen LogP contribution < -0.4 is 10.1 Å². The van der Waals surface area contributed by atoms with Crippen LogP contribution in [0.15, 0.2) is 18.2 Å².